The highest BCUT2D eigenvalue weighted by Crippen LogP contribution is 2.14. The molecule has 0 fully saturated rings. The van der Waals surface area contributed by atoms with Gasteiger partial charge < -0.3 is 9.84 Å². The third kappa shape index (κ3) is 6.37. The van der Waals surface area contributed by atoms with E-state index in [0.29, 0.717) is 0 Å². The Morgan fingerprint density at radius 1 is 1.22 bits per heavy atom. The van der Waals surface area contributed by atoms with Crippen molar-refractivity contribution in [3.8, 4) is 0 Å². The van der Waals surface area contributed by atoms with E-state index in [4.69, 9.17) is 9.84 Å². The van der Waals surface area contributed by atoms with Crippen LogP contribution in [-0.4, -0.2) is 37.1 Å². The molecular formula is C15H21NO6S. The second-order valence-corrected chi connectivity index (χ2v) is 7.83. The Morgan fingerprint density at radius 3 is 2.17 bits per heavy atom. The lowest BCUT2D eigenvalue weighted by Gasteiger charge is -2.23. The number of nitrogens with one attached hydrogen (secondary N) is 1. The molecule has 7 nitrogen and oxygen atoms in total. The molecule has 128 valence electrons. The Hall–Kier alpha value is -1.93. The summed E-state index contributed by atoms with van der Waals surface area (Å²) in [6.07, 6.45) is -0.708. The van der Waals surface area contributed by atoms with E-state index < -0.39 is 40.0 Å². The Bertz CT molecular complexity index is 673. The molecule has 0 spiro atoms. The van der Waals surface area contributed by atoms with Gasteiger partial charge in [0.15, 0.2) is 0 Å². The SMILES string of the molecule is Cc1ccc(S(=O)(=O)N[C@@H](CC(=O)O)C(=O)OC(C)(C)C)cc1. The van der Waals surface area contributed by atoms with Crippen molar-refractivity contribution in [3.63, 3.8) is 0 Å². The van der Waals surface area contributed by atoms with Crippen LogP contribution in [0.4, 0.5) is 0 Å². The van der Waals surface area contributed by atoms with Crippen molar-refractivity contribution in [2.45, 2.75) is 50.7 Å². The average Bonchev–Trinajstić information content (AvgIpc) is 2.35. The molecule has 0 saturated carbocycles. The fourth-order valence-corrected chi connectivity index (χ4v) is 2.88. The van der Waals surface area contributed by atoms with Gasteiger partial charge in [-0.2, -0.15) is 4.72 Å². The van der Waals surface area contributed by atoms with Crippen LogP contribution in [0.5, 0.6) is 0 Å². The molecule has 8 heteroatoms. The topological polar surface area (TPSA) is 110 Å². The summed E-state index contributed by atoms with van der Waals surface area (Å²) in [5.41, 5.74) is 0.0153. The zero-order valence-electron chi connectivity index (χ0n) is 13.5. The molecule has 0 saturated heterocycles. The van der Waals surface area contributed by atoms with Gasteiger partial charge in [0, 0.05) is 0 Å². The minimum Gasteiger partial charge on any atom is -0.481 e. The molecule has 0 aliphatic heterocycles. The number of carbonyl (C=O) groups is 2. The lowest BCUT2D eigenvalue weighted by atomic mass is 10.1. The number of benzene rings is 1. The molecule has 0 aliphatic carbocycles. The maximum absolute atomic E-state index is 12.3. The first-order chi connectivity index (χ1) is 10.4. The van der Waals surface area contributed by atoms with E-state index in [2.05, 4.69) is 4.72 Å². The van der Waals surface area contributed by atoms with Crippen LogP contribution in [0.3, 0.4) is 0 Å². The van der Waals surface area contributed by atoms with Gasteiger partial charge in [0.1, 0.15) is 11.6 Å². The number of esters is 1. The van der Waals surface area contributed by atoms with Gasteiger partial charge >= 0.3 is 11.9 Å². The van der Waals surface area contributed by atoms with Crippen molar-refractivity contribution in [2.24, 2.45) is 0 Å². The molecule has 0 aromatic heterocycles. The standard InChI is InChI=1S/C15H21NO6S/c1-10-5-7-11(8-6-10)23(20,21)16-12(9-13(17)18)14(19)22-15(2,3)4/h5-8,12,16H,9H2,1-4H3,(H,17,18)/t12-/m0/s1. The molecular weight excluding hydrogens is 322 g/mol. The van der Waals surface area contributed by atoms with Gasteiger partial charge in [-0.25, -0.2) is 8.42 Å². The van der Waals surface area contributed by atoms with Crippen molar-refractivity contribution in [1.29, 1.82) is 0 Å². The number of sulfonamides is 1. The van der Waals surface area contributed by atoms with E-state index in [0.717, 1.165) is 5.56 Å². The largest absolute Gasteiger partial charge is 0.481 e. The first-order valence-corrected chi connectivity index (χ1v) is 8.43. The molecule has 0 bridgehead atoms. The summed E-state index contributed by atoms with van der Waals surface area (Å²) in [6, 6.07) is 4.47. The van der Waals surface area contributed by atoms with Crippen LogP contribution >= 0.6 is 0 Å². The second-order valence-electron chi connectivity index (χ2n) is 6.12. The Morgan fingerprint density at radius 2 is 1.74 bits per heavy atom. The quantitative estimate of drug-likeness (QED) is 0.757. The van der Waals surface area contributed by atoms with Crippen LogP contribution in [0.1, 0.15) is 32.8 Å². The highest BCUT2D eigenvalue weighted by molar-refractivity contribution is 7.89. The molecule has 0 heterocycles. The van der Waals surface area contributed by atoms with Crippen molar-refractivity contribution in [2.75, 3.05) is 0 Å². The summed E-state index contributed by atoms with van der Waals surface area (Å²) in [4.78, 5) is 22.9. The number of ether oxygens (including phenoxy) is 1. The van der Waals surface area contributed by atoms with Gasteiger partial charge in [0.2, 0.25) is 10.0 Å². The molecule has 1 rings (SSSR count). The lowest BCUT2D eigenvalue weighted by Crippen LogP contribution is -2.45. The smallest absolute Gasteiger partial charge is 0.325 e. The van der Waals surface area contributed by atoms with Gasteiger partial charge in [0.05, 0.1) is 11.3 Å². The maximum atomic E-state index is 12.3. The van der Waals surface area contributed by atoms with Crippen molar-refractivity contribution >= 4 is 22.0 Å². The van der Waals surface area contributed by atoms with Gasteiger partial charge in [-0.05, 0) is 39.8 Å². The fraction of sp³-hybridized carbons (Fsp3) is 0.467. The van der Waals surface area contributed by atoms with Crippen molar-refractivity contribution < 1.29 is 27.9 Å². The predicted octanol–water partition coefficient (Wildman–Crippen LogP) is 1.46. The Balaban J connectivity index is 3.02. The minimum absolute atomic E-state index is 0.0537. The van der Waals surface area contributed by atoms with Gasteiger partial charge in [-0.3, -0.25) is 9.59 Å². The second kappa shape index (κ2) is 7.10. The zero-order chi connectivity index (χ0) is 17.8. The predicted molar refractivity (Wildman–Crippen MR) is 83.4 cm³/mol. The average molecular weight is 343 g/mol. The third-order valence-electron chi connectivity index (χ3n) is 2.70. The number of carboxylic acid groups (broad SMARTS) is 1. The van der Waals surface area contributed by atoms with E-state index >= 15 is 0 Å². The number of carboxylic acids is 1. The summed E-state index contributed by atoms with van der Waals surface area (Å²) >= 11 is 0. The highest BCUT2D eigenvalue weighted by atomic mass is 32.2. The van der Waals surface area contributed by atoms with Gasteiger partial charge in [-0.15, -0.1) is 0 Å². The van der Waals surface area contributed by atoms with E-state index in [9.17, 15) is 18.0 Å². The summed E-state index contributed by atoms with van der Waals surface area (Å²) in [7, 11) is -4.04. The molecule has 1 aromatic rings. The van der Waals surface area contributed by atoms with Crippen LogP contribution in [0.15, 0.2) is 29.2 Å². The molecule has 0 aliphatic rings. The number of aliphatic carboxylic acids is 1. The van der Waals surface area contributed by atoms with E-state index in [1.165, 1.54) is 12.1 Å². The molecule has 0 amide bonds. The summed E-state index contributed by atoms with van der Waals surface area (Å²) in [5, 5.41) is 8.89. The molecule has 1 aromatic carbocycles. The molecule has 1 atom stereocenters. The van der Waals surface area contributed by atoms with Crippen LogP contribution in [-0.2, 0) is 24.3 Å². The summed E-state index contributed by atoms with van der Waals surface area (Å²) in [6.45, 7) is 6.63. The van der Waals surface area contributed by atoms with Crippen LogP contribution in [0.25, 0.3) is 0 Å². The number of hydrogen-bond donors (Lipinski definition) is 2. The van der Waals surface area contributed by atoms with E-state index in [-0.39, 0.29) is 4.90 Å². The Labute approximate surface area is 135 Å². The first-order valence-electron chi connectivity index (χ1n) is 6.94. The molecule has 23 heavy (non-hydrogen) atoms. The molecule has 0 unspecified atom stereocenters. The maximum Gasteiger partial charge on any atom is 0.325 e. The highest BCUT2D eigenvalue weighted by Gasteiger charge is 2.31. The fourth-order valence-electron chi connectivity index (χ4n) is 1.69. The monoisotopic (exact) mass is 343 g/mol. The van der Waals surface area contributed by atoms with Gasteiger partial charge in [0.25, 0.3) is 0 Å². The van der Waals surface area contributed by atoms with Crippen molar-refractivity contribution in [1.82, 2.24) is 4.72 Å². The number of rotatable bonds is 6. The number of aryl methyl sites for hydroxylation is 1. The summed E-state index contributed by atoms with van der Waals surface area (Å²) in [5.74, 6) is -2.25. The van der Waals surface area contributed by atoms with Crippen LogP contribution in [0, 0.1) is 6.92 Å². The third-order valence-corrected chi connectivity index (χ3v) is 4.19. The van der Waals surface area contributed by atoms with Crippen LogP contribution in [0.2, 0.25) is 0 Å². The Kier molecular flexibility index (Phi) is 5.90. The van der Waals surface area contributed by atoms with E-state index in [1.54, 1.807) is 39.8 Å². The number of hydrogen-bond acceptors (Lipinski definition) is 5. The minimum atomic E-state index is -4.04. The van der Waals surface area contributed by atoms with E-state index in [1.807, 2.05) is 0 Å². The summed E-state index contributed by atoms with van der Waals surface area (Å²) < 4.78 is 31.8. The van der Waals surface area contributed by atoms with Crippen LogP contribution < -0.4 is 4.72 Å². The first kappa shape index (κ1) is 19.1. The van der Waals surface area contributed by atoms with Gasteiger partial charge in [-0.1, -0.05) is 17.7 Å². The molecule has 0 radical (unpaired) electrons. The number of carbonyl (C=O) groups excluding carboxylic acids is 1. The zero-order valence-corrected chi connectivity index (χ0v) is 14.3. The van der Waals surface area contributed by atoms with Crippen molar-refractivity contribution in [3.05, 3.63) is 29.8 Å². The lowest BCUT2D eigenvalue weighted by molar-refractivity contribution is -0.159. The molecule has 2 N–H and O–H groups in total. The normalized spacial score (nSPS) is 13.4.